The van der Waals surface area contributed by atoms with Crippen molar-refractivity contribution in [1.82, 2.24) is 10.3 Å². The lowest BCUT2D eigenvalue weighted by molar-refractivity contribution is 0.0536. The number of nitrogens with one attached hydrogen (secondary N) is 1. The SMILES string of the molecule is O=C(NCC1CCCOC1)c1cnc(Cl)c(Br)c1. The molecule has 0 aliphatic carbocycles. The van der Waals surface area contributed by atoms with Gasteiger partial charge >= 0.3 is 0 Å². The van der Waals surface area contributed by atoms with Crippen molar-refractivity contribution in [3.05, 3.63) is 27.5 Å². The third kappa shape index (κ3) is 3.67. The van der Waals surface area contributed by atoms with Crippen LogP contribution in [0.2, 0.25) is 5.15 Å². The monoisotopic (exact) mass is 332 g/mol. The molecular weight excluding hydrogens is 320 g/mol. The number of hydrogen-bond donors (Lipinski definition) is 1. The van der Waals surface area contributed by atoms with Crippen LogP contribution in [-0.2, 0) is 4.74 Å². The highest BCUT2D eigenvalue weighted by molar-refractivity contribution is 9.10. The quantitative estimate of drug-likeness (QED) is 0.865. The minimum absolute atomic E-state index is 0.134. The maximum atomic E-state index is 11.9. The molecule has 1 aliphatic rings. The average molecular weight is 334 g/mol. The number of hydrogen-bond acceptors (Lipinski definition) is 3. The van der Waals surface area contributed by atoms with Gasteiger partial charge in [0.2, 0.25) is 0 Å². The number of nitrogens with zero attached hydrogens (tertiary/aromatic N) is 1. The second kappa shape index (κ2) is 6.50. The van der Waals surface area contributed by atoms with Crippen LogP contribution in [0.15, 0.2) is 16.7 Å². The van der Waals surface area contributed by atoms with Crippen LogP contribution in [0.1, 0.15) is 23.2 Å². The van der Waals surface area contributed by atoms with E-state index in [0.717, 1.165) is 26.1 Å². The van der Waals surface area contributed by atoms with Gasteiger partial charge in [0.05, 0.1) is 16.6 Å². The lowest BCUT2D eigenvalue weighted by Gasteiger charge is -2.22. The molecular formula is C12H14BrClN2O2. The topological polar surface area (TPSA) is 51.2 Å². The van der Waals surface area contributed by atoms with E-state index in [1.165, 1.54) is 6.20 Å². The highest BCUT2D eigenvalue weighted by atomic mass is 79.9. The van der Waals surface area contributed by atoms with Gasteiger partial charge in [-0.2, -0.15) is 0 Å². The average Bonchev–Trinajstić information content (AvgIpc) is 2.40. The molecule has 6 heteroatoms. The van der Waals surface area contributed by atoms with Crippen LogP contribution in [0.25, 0.3) is 0 Å². The highest BCUT2D eigenvalue weighted by Crippen LogP contribution is 2.20. The molecule has 1 N–H and O–H groups in total. The molecule has 1 atom stereocenters. The van der Waals surface area contributed by atoms with E-state index < -0.39 is 0 Å². The molecule has 1 aliphatic heterocycles. The summed E-state index contributed by atoms with van der Waals surface area (Å²) in [7, 11) is 0. The zero-order chi connectivity index (χ0) is 13.0. The predicted molar refractivity (Wildman–Crippen MR) is 72.8 cm³/mol. The first-order valence-corrected chi connectivity index (χ1v) is 7.01. The fraction of sp³-hybridized carbons (Fsp3) is 0.500. The lowest BCUT2D eigenvalue weighted by atomic mass is 10.0. The second-order valence-corrected chi connectivity index (χ2v) is 5.50. The summed E-state index contributed by atoms with van der Waals surface area (Å²) in [5, 5.41) is 3.25. The maximum Gasteiger partial charge on any atom is 0.252 e. The van der Waals surface area contributed by atoms with Gasteiger partial charge in [-0.1, -0.05) is 11.6 Å². The molecule has 0 aromatic carbocycles. The highest BCUT2D eigenvalue weighted by Gasteiger charge is 2.15. The molecule has 1 unspecified atom stereocenters. The molecule has 1 saturated heterocycles. The summed E-state index contributed by atoms with van der Waals surface area (Å²) < 4.78 is 5.99. The zero-order valence-electron chi connectivity index (χ0n) is 9.79. The minimum atomic E-state index is -0.134. The van der Waals surface area contributed by atoms with Crippen LogP contribution >= 0.6 is 27.5 Å². The van der Waals surface area contributed by atoms with Crippen molar-refractivity contribution in [3.8, 4) is 0 Å². The van der Waals surface area contributed by atoms with E-state index in [0.29, 0.717) is 27.7 Å². The van der Waals surface area contributed by atoms with E-state index >= 15 is 0 Å². The molecule has 4 nitrogen and oxygen atoms in total. The summed E-state index contributed by atoms with van der Waals surface area (Å²) in [6.45, 7) is 2.19. The number of pyridine rings is 1. The molecule has 2 heterocycles. The lowest BCUT2D eigenvalue weighted by Crippen LogP contribution is -2.33. The number of amides is 1. The molecule has 98 valence electrons. The van der Waals surface area contributed by atoms with Crippen LogP contribution in [-0.4, -0.2) is 30.6 Å². The summed E-state index contributed by atoms with van der Waals surface area (Å²) in [6.07, 6.45) is 3.64. The van der Waals surface area contributed by atoms with Crippen molar-refractivity contribution in [2.45, 2.75) is 12.8 Å². The Morgan fingerprint density at radius 2 is 2.50 bits per heavy atom. The number of carbonyl (C=O) groups excluding carboxylic acids is 1. The van der Waals surface area contributed by atoms with Gasteiger partial charge in [0, 0.05) is 19.3 Å². The Morgan fingerprint density at radius 1 is 1.67 bits per heavy atom. The van der Waals surface area contributed by atoms with Gasteiger partial charge in [-0.15, -0.1) is 0 Å². The van der Waals surface area contributed by atoms with Gasteiger partial charge in [-0.05, 0) is 40.8 Å². The van der Waals surface area contributed by atoms with E-state index in [-0.39, 0.29) is 5.91 Å². The predicted octanol–water partition coefficient (Wildman–Crippen LogP) is 2.65. The molecule has 0 radical (unpaired) electrons. The molecule has 0 spiro atoms. The van der Waals surface area contributed by atoms with Crippen LogP contribution in [0.4, 0.5) is 0 Å². The summed E-state index contributed by atoms with van der Waals surface area (Å²) in [6, 6.07) is 1.67. The van der Waals surface area contributed by atoms with Crippen molar-refractivity contribution < 1.29 is 9.53 Å². The van der Waals surface area contributed by atoms with Gasteiger partial charge in [0.25, 0.3) is 5.91 Å². The second-order valence-electron chi connectivity index (χ2n) is 4.29. The third-order valence-electron chi connectivity index (χ3n) is 2.86. The third-order valence-corrected chi connectivity index (χ3v) is 4.00. The van der Waals surface area contributed by atoms with E-state index in [9.17, 15) is 4.79 Å². The number of carbonyl (C=O) groups is 1. The molecule has 1 amide bonds. The first kappa shape index (κ1) is 13.8. The zero-order valence-corrected chi connectivity index (χ0v) is 12.1. The smallest absolute Gasteiger partial charge is 0.252 e. The molecule has 1 aromatic heterocycles. The molecule has 0 bridgehead atoms. The maximum absolute atomic E-state index is 11.9. The molecule has 2 rings (SSSR count). The molecule has 18 heavy (non-hydrogen) atoms. The van der Waals surface area contributed by atoms with E-state index in [4.69, 9.17) is 16.3 Å². The van der Waals surface area contributed by atoms with E-state index in [1.54, 1.807) is 6.07 Å². The summed E-state index contributed by atoms with van der Waals surface area (Å²) in [5.41, 5.74) is 0.503. The summed E-state index contributed by atoms with van der Waals surface area (Å²) in [4.78, 5) is 15.8. The Balaban J connectivity index is 1.88. The Labute approximate surface area is 119 Å². The van der Waals surface area contributed by atoms with Gasteiger partial charge in [-0.25, -0.2) is 4.98 Å². The summed E-state index contributed by atoms with van der Waals surface area (Å²) in [5.74, 6) is 0.275. The summed E-state index contributed by atoms with van der Waals surface area (Å²) >= 11 is 9.03. The number of halogens is 2. The number of ether oxygens (including phenoxy) is 1. The normalized spacial score (nSPS) is 19.6. The van der Waals surface area contributed by atoms with Gasteiger partial charge in [0.1, 0.15) is 5.15 Å². The standard InChI is InChI=1S/C12H14BrClN2O2/c13-10-4-9(6-15-11(10)14)12(17)16-5-8-2-1-3-18-7-8/h4,6,8H,1-3,5,7H2,(H,16,17). The van der Waals surface area contributed by atoms with Crippen molar-refractivity contribution in [3.63, 3.8) is 0 Å². The van der Waals surface area contributed by atoms with Crippen LogP contribution in [0.5, 0.6) is 0 Å². The Kier molecular flexibility index (Phi) is 4.97. The van der Waals surface area contributed by atoms with Gasteiger partial charge in [0.15, 0.2) is 0 Å². The fourth-order valence-corrected chi connectivity index (χ4v) is 2.31. The van der Waals surface area contributed by atoms with Crippen LogP contribution in [0.3, 0.4) is 0 Å². The van der Waals surface area contributed by atoms with E-state index in [2.05, 4.69) is 26.2 Å². The van der Waals surface area contributed by atoms with Crippen molar-refractivity contribution in [2.75, 3.05) is 19.8 Å². The minimum Gasteiger partial charge on any atom is -0.381 e. The fourth-order valence-electron chi connectivity index (χ4n) is 1.85. The van der Waals surface area contributed by atoms with Crippen LogP contribution in [0, 0.1) is 5.92 Å². The van der Waals surface area contributed by atoms with Crippen LogP contribution < -0.4 is 5.32 Å². The Hall–Kier alpha value is -0.650. The van der Waals surface area contributed by atoms with Crippen molar-refractivity contribution in [1.29, 1.82) is 0 Å². The Bertz CT molecular complexity index is 436. The van der Waals surface area contributed by atoms with Gasteiger partial charge < -0.3 is 10.1 Å². The molecule has 1 aromatic rings. The number of rotatable bonds is 3. The van der Waals surface area contributed by atoms with Crippen molar-refractivity contribution >= 4 is 33.4 Å². The molecule has 0 saturated carbocycles. The van der Waals surface area contributed by atoms with Gasteiger partial charge in [-0.3, -0.25) is 4.79 Å². The first-order chi connectivity index (χ1) is 8.66. The molecule has 1 fully saturated rings. The number of aromatic nitrogens is 1. The largest absolute Gasteiger partial charge is 0.381 e. The van der Waals surface area contributed by atoms with Crippen molar-refractivity contribution in [2.24, 2.45) is 5.92 Å². The Morgan fingerprint density at radius 3 is 3.17 bits per heavy atom. The van der Waals surface area contributed by atoms with E-state index in [1.807, 2.05) is 0 Å². The first-order valence-electron chi connectivity index (χ1n) is 5.84.